The second-order valence-electron chi connectivity index (χ2n) is 7.09. The molecule has 3 nitrogen and oxygen atoms in total. The summed E-state index contributed by atoms with van der Waals surface area (Å²) in [6.45, 7) is 10.3. The normalized spacial score (nSPS) is 11.2. The molecule has 0 heterocycles. The molecule has 0 spiro atoms. The van der Waals surface area contributed by atoms with Crippen molar-refractivity contribution in [1.29, 1.82) is 0 Å². The first-order valence-electron chi connectivity index (χ1n) is 11.5. The molecule has 182 valence electrons. The van der Waals surface area contributed by atoms with Gasteiger partial charge >= 0.3 is 0 Å². The van der Waals surface area contributed by atoms with Gasteiger partial charge in [0.05, 0.1) is 44.4 Å². The first kappa shape index (κ1) is 29.1. The predicted octanol–water partition coefficient (Wildman–Crippen LogP) is 6.84. The lowest BCUT2D eigenvalue weighted by atomic mass is 9.87. The minimum absolute atomic E-state index is 0.131. The van der Waals surface area contributed by atoms with Crippen molar-refractivity contribution in [3.63, 3.8) is 0 Å². The Balaban J connectivity index is 0.00000125. The topological polar surface area (TPSA) is 27.7 Å². The fourth-order valence-corrected chi connectivity index (χ4v) is 4.51. The van der Waals surface area contributed by atoms with Crippen LogP contribution in [0.3, 0.4) is 0 Å². The fraction of sp³-hybridized carbons (Fsp3) is 0.429. The molecule has 0 aliphatic carbocycles. The summed E-state index contributed by atoms with van der Waals surface area (Å²) in [4.78, 5) is 0. The van der Waals surface area contributed by atoms with E-state index in [4.69, 9.17) is 14.2 Å². The van der Waals surface area contributed by atoms with Crippen molar-refractivity contribution >= 4 is 11.8 Å². The Bertz CT molecular complexity index is 694. The quantitative estimate of drug-likeness (QED) is 0.197. The summed E-state index contributed by atoms with van der Waals surface area (Å²) in [7, 11) is 0. The number of hydrogen-bond acceptors (Lipinski definition) is 4. The zero-order chi connectivity index (χ0) is 24.0. The Hall–Kier alpha value is -1.92. The van der Waals surface area contributed by atoms with Crippen LogP contribution in [-0.4, -0.2) is 52.1 Å². The highest BCUT2D eigenvalue weighted by Crippen LogP contribution is 2.45. The molecule has 0 fully saturated rings. The molecule has 0 saturated heterocycles. The van der Waals surface area contributed by atoms with Gasteiger partial charge in [-0.15, -0.1) is 18.3 Å². The summed E-state index contributed by atoms with van der Waals surface area (Å²) in [5, 5.41) is 0. The highest BCUT2D eigenvalue weighted by molar-refractivity contribution is 8.00. The van der Waals surface area contributed by atoms with Gasteiger partial charge in [0.2, 0.25) is 0 Å². The molecule has 2 aromatic carbocycles. The number of rotatable bonds is 16. The van der Waals surface area contributed by atoms with E-state index in [9.17, 15) is 4.39 Å². The number of hydrogen-bond donors (Lipinski definition) is 0. The summed E-state index contributed by atoms with van der Waals surface area (Å²) in [5.74, 6) is 0.858. The van der Waals surface area contributed by atoms with Crippen LogP contribution in [-0.2, 0) is 19.0 Å². The van der Waals surface area contributed by atoms with Crippen LogP contribution in [0.1, 0.15) is 31.4 Å². The lowest BCUT2D eigenvalue weighted by Gasteiger charge is -2.34. The van der Waals surface area contributed by atoms with Gasteiger partial charge in [-0.25, -0.2) is 4.39 Å². The van der Waals surface area contributed by atoms with Gasteiger partial charge in [0, 0.05) is 5.75 Å². The summed E-state index contributed by atoms with van der Waals surface area (Å²) in [6, 6.07) is 21.2. The van der Waals surface area contributed by atoms with Crippen LogP contribution in [0, 0.1) is 0 Å². The van der Waals surface area contributed by atoms with Crippen molar-refractivity contribution in [2.24, 2.45) is 0 Å². The van der Waals surface area contributed by atoms with Crippen molar-refractivity contribution < 1.29 is 18.6 Å². The van der Waals surface area contributed by atoms with Crippen LogP contribution < -0.4 is 0 Å². The van der Waals surface area contributed by atoms with Gasteiger partial charge in [-0.3, -0.25) is 0 Å². The van der Waals surface area contributed by atoms with Crippen molar-refractivity contribution in [2.75, 3.05) is 52.1 Å². The van der Waals surface area contributed by atoms with Crippen LogP contribution in [0.15, 0.2) is 85.5 Å². The Labute approximate surface area is 204 Å². The van der Waals surface area contributed by atoms with Gasteiger partial charge < -0.3 is 14.2 Å². The minimum Gasteiger partial charge on any atom is -0.378 e. The van der Waals surface area contributed by atoms with Gasteiger partial charge in [-0.1, -0.05) is 78.9 Å². The molecule has 2 rings (SSSR count). The number of ether oxygens (including phenoxy) is 3. The smallest absolute Gasteiger partial charge is 0.113 e. The van der Waals surface area contributed by atoms with Gasteiger partial charge in [-0.2, -0.15) is 0 Å². The molecule has 5 heteroatoms. The van der Waals surface area contributed by atoms with E-state index in [1.165, 1.54) is 11.1 Å². The van der Waals surface area contributed by atoms with Crippen molar-refractivity contribution in [1.82, 2.24) is 0 Å². The molecular formula is C28H39FO3S. The molecule has 0 atom stereocenters. The zero-order valence-electron chi connectivity index (χ0n) is 20.1. The molecule has 33 heavy (non-hydrogen) atoms. The zero-order valence-corrected chi connectivity index (χ0v) is 20.9. The Kier molecular flexibility index (Phi) is 17.2. The first-order valence-corrected chi connectivity index (χ1v) is 12.5. The summed E-state index contributed by atoms with van der Waals surface area (Å²) >= 11 is 1.88. The SMILES string of the molecule is C/C=C\C.C=CCC(SCCOCCOCCOCCF)(c1ccccc1)c1ccccc1. The lowest BCUT2D eigenvalue weighted by molar-refractivity contribution is 0.0150. The second-order valence-corrected chi connectivity index (χ2v) is 8.49. The third-order valence-corrected chi connectivity index (χ3v) is 6.29. The predicted molar refractivity (Wildman–Crippen MR) is 140 cm³/mol. The van der Waals surface area contributed by atoms with E-state index in [1.807, 2.05) is 56.0 Å². The average molecular weight is 475 g/mol. The second kappa shape index (κ2) is 19.5. The molecule has 0 aliphatic rings. The van der Waals surface area contributed by atoms with E-state index in [0.29, 0.717) is 33.0 Å². The monoisotopic (exact) mass is 474 g/mol. The first-order chi connectivity index (χ1) is 16.2. The van der Waals surface area contributed by atoms with E-state index in [-0.39, 0.29) is 11.4 Å². The molecule has 0 saturated carbocycles. The molecule has 0 radical (unpaired) electrons. The number of benzene rings is 2. The highest BCUT2D eigenvalue weighted by Gasteiger charge is 2.33. The summed E-state index contributed by atoms with van der Waals surface area (Å²) in [6.07, 6.45) is 6.83. The summed E-state index contributed by atoms with van der Waals surface area (Å²) < 4.78 is 27.9. The minimum atomic E-state index is -0.458. The molecule has 0 aliphatic heterocycles. The van der Waals surface area contributed by atoms with Crippen molar-refractivity contribution in [2.45, 2.75) is 25.0 Å². The number of alkyl halides is 1. The van der Waals surface area contributed by atoms with Crippen molar-refractivity contribution in [3.05, 3.63) is 96.6 Å². The maximum Gasteiger partial charge on any atom is 0.113 e. The molecule has 2 aromatic rings. The van der Waals surface area contributed by atoms with E-state index >= 15 is 0 Å². The molecule has 0 bridgehead atoms. The average Bonchev–Trinajstić information content (AvgIpc) is 2.88. The maximum atomic E-state index is 11.9. The molecule has 0 unspecified atom stereocenters. The largest absolute Gasteiger partial charge is 0.378 e. The van der Waals surface area contributed by atoms with Gasteiger partial charge in [0.15, 0.2) is 0 Å². The molecule has 0 amide bonds. The van der Waals surface area contributed by atoms with Crippen LogP contribution >= 0.6 is 11.8 Å². The Morgan fingerprint density at radius 3 is 1.64 bits per heavy atom. The highest BCUT2D eigenvalue weighted by atomic mass is 32.2. The van der Waals surface area contributed by atoms with Crippen LogP contribution in [0.4, 0.5) is 4.39 Å². The van der Waals surface area contributed by atoms with Gasteiger partial charge in [0.1, 0.15) is 6.67 Å². The van der Waals surface area contributed by atoms with Crippen LogP contribution in [0.25, 0.3) is 0 Å². The van der Waals surface area contributed by atoms with E-state index in [0.717, 1.165) is 12.2 Å². The standard InChI is InChI=1S/C24H31FO3S.C4H8/c1-2-13-24(22-9-5-3-6-10-22,23-11-7-4-8-12-23)29-21-20-28-19-18-27-17-16-26-15-14-25;1-3-4-2/h2-12H,1,13-21H2;3-4H,1-2H3/b;4-3-. The van der Waals surface area contributed by atoms with Crippen molar-refractivity contribution in [3.8, 4) is 0 Å². The van der Waals surface area contributed by atoms with Crippen LogP contribution in [0.5, 0.6) is 0 Å². The van der Waals surface area contributed by atoms with Gasteiger partial charge in [0.25, 0.3) is 0 Å². The Morgan fingerprint density at radius 2 is 1.21 bits per heavy atom. The maximum absolute atomic E-state index is 11.9. The third-order valence-electron chi connectivity index (χ3n) is 4.79. The van der Waals surface area contributed by atoms with E-state index in [2.05, 4.69) is 55.1 Å². The number of allylic oxidation sites excluding steroid dienone is 3. The van der Waals surface area contributed by atoms with Gasteiger partial charge in [-0.05, 0) is 31.4 Å². The lowest BCUT2D eigenvalue weighted by Crippen LogP contribution is -2.24. The Morgan fingerprint density at radius 1 is 0.758 bits per heavy atom. The third kappa shape index (κ3) is 11.7. The molecule has 0 aromatic heterocycles. The number of thioether (sulfide) groups is 1. The van der Waals surface area contributed by atoms with E-state index < -0.39 is 6.67 Å². The van der Waals surface area contributed by atoms with Crippen LogP contribution in [0.2, 0.25) is 0 Å². The molecular weight excluding hydrogens is 435 g/mol. The summed E-state index contributed by atoms with van der Waals surface area (Å²) in [5.41, 5.74) is 2.54. The fourth-order valence-electron chi connectivity index (χ4n) is 3.12. The van der Waals surface area contributed by atoms with E-state index in [1.54, 1.807) is 0 Å². The molecule has 0 N–H and O–H groups in total. The number of halogens is 1.